The first kappa shape index (κ1) is 48.7. The van der Waals surface area contributed by atoms with Crippen molar-refractivity contribution in [3.8, 4) is 0 Å². The second kappa shape index (κ2) is 19.6. The van der Waals surface area contributed by atoms with Crippen LogP contribution in [0.5, 0.6) is 0 Å². The minimum atomic E-state index is -1.79. The van der Waals surface area contributed by atoms with E-state index in [9.17, 15) is 24.9 Å². The number of hydrogen-bond donors (Lipinski definition) is 5. The molecule has 1 aromatic carbocycles. The van der Waals surface area contributed by atoms with Gasteiger partial charge in [-0.15, -0.1) is 0 Å². The molecule has 4 aliphatic heterocycles. The summed E-state index contributed by atoms with van der Waals surface area (Å²) in [5.74, 6) is -4.04. The molecule has 342 valence electrons. The van der Waals surface area contributed by atoms with Crippen LogP contribution in [0, 0.1) is 23.7 Å². The van der Waals surface area contributed by atoms with Gasteiger partial charge in [0.2, 0.25) is 0 Å². The highest BCUT2D eigenvalue weighted by Crippen LogP contribution is 2.51. The predicted molar refractivity (Wildman–Crippen MR) is 221 cm³/mol. The Morgan fingerprint density at radius 3 is 2.28 bits per heavy atom. The van der Waals surface area contributed by atoms with E-state index in [1.165, 1.54) is 6.92 Å². The summed E-state index contributed by atoms with van der Waals surface area (Å²) in [6.45, 7) is 18.7. The summed E-state index contributed by atoms with van der Waals surface area (Å²) in [4.78, 5) is 27.8. The Labute approximate surface area is 356 Å². The Bertz CT molecular complexity index is 1560. The van der Waals surface area contributed by atoms with Gasteiger partial charge in [0.15, 0.2) is 12.6 Å². The van der Waals surface area contributed by atoms with E-state index in [0.29, 0.717) is 13.0 Å². The molecule has 4 saturated heterocycles. The first-order valence-corrected chi connectivity index (χ1v) is 21.9. The van der Waals surface area contributed by atoms with E-state index < -0.39 is 107 Å². The molecule has 4 heterocycles. The zero-order valence-corrected chi connectivity index (χ0v) is 37.6. The van der Waals surface area contributed by atoms with Crippen LogP contribution < -0.4 is 11.1 Å². The van der Waals surface area contributed by atoms with Gasteiger partial charge < -0.3 is 64.3 Å². The molecule has 0 aromatic heterocycles. The largest absolute Gasteiger partial charge is 0.461 e. The van der Waals surface area contributed by atoms with Gasteiger partial charge >= 0.3 is 11.9 Å². The molecule has 1 aromatic rings. The summed E-state index contributed by atoms with van der Waals surface area (Å²) in [6.07, 6.45) is -6.10. The quantitative estimate of drug-likeness (QED) is 0.168. The third kappa shape index (κ3) is 10.7. The van der Waals surface area contributed by atoms with Gasteiger partial charge in [-0.25, -0.2) is 0 Å². The van der Waals surface area contributed by atoms with Gasteiger partial charge in [-0.05, 0) is 79.2 Å². The van der Waals surface area contributed by atoms with E-state index >= 15 is 0 Å². The highest BCUT2D eigenvalue weighted by Gasteiger charge is 2.67. The third-order valence-corrected chi connectivity index (χ3v) is 13.9. The molecule has 6 N–H and O–H groups in total. The molecule has 5 rings (SSSR count). The van der Waals surface area contributed by atoms with Gasteiger partial charge in [0.05, 0.1) is 55.1 Å². The van der Waals surface area contributed by atoms with Crippen molar-refractivity contribution >= 4 is 11.9 Å². The Balaban J connectivity index is 1.53. The lowest BCUT2D eigenvalue weighted by Crippen LogP contribution is -2.61. The number of aliphatic hydroxyl groups excluding tert-OH is 1. The van der Waals surface area contributed by atoms with Crippen molar-refractivity contribution in [2.75, 3.05) is 20.3 Å². The summed E-state index contributed by atoms with van der Waals surface area (Å²) in [6, 6.07) is 8.56. The normalized spacial score (nSPS) is 45.9. The van der Waals surface area contributed by atoms with Crippen LogP contribution in [0.3, 0.4) is 0 Å². The molecular formula is C45H74N2O13. The number of carbonyl (C=O) groups is 2. The Morgan fingerprint density at radius 1 is 1.00 bits per heavy atom. The van der Waals surface area contributed by atoms with Crippen LogP contribution in [0.25, 0.3) is 0 Å². The fourth-order valence-corrected chi connectivity index (χ4v) is 9.87. The van der Waals surface area contributed by atoms with Crippen LogP contribution in [0.4, 0.5) is 0 Å². The molecule has 1 spiro atoms. The van der Waals surface area contributed by atoms with Crippen LogP contribution >= 0.6 is 0 Å². The standard InChI is InChI=1S/C45H74N2O13/c1-12-34-44(10,52)38(49)25(2)22-47-26(3)20-42(8,51)39(60-41-32(33(46)18-27(4)56-41)19-35(48)54-23-31-16-14-13-15-17-31)28(5)37(29(6)40(50)58-34)59-36-21-43(9,53-11)45(24-55-45)30(7)57-36/h13-17,25-30,32-34,36-39,41,47,49,51-52H,12,18-24,46H2,1-11H3/t25-,26+,27+,28-,29?,30-,32+,33-,34+,36?,37+,38+,39+,41-,42-,43+,44+,45+/m0/s1. The zero-order valence-electron chi connectivity index (χ0n) is 37.6. The van der Waals surface area contributed by atoms with Crippen molar-refractivity contribution in [3.05, 3.63) is 35.9 Å². The molecule has 0 amide bonds. The minimum Gasteiger partial charge on any atom is -0.461 e. The predicted octanol–water partition coefficient (Wildman–Crippen LogP) is 3.75. The van der Waals surface area contributed by atoms with Crippen molar-refractivity contribution in [2.45, 2.75) is 192 Å². The maximum absolute atomic E-state index is 14.4. The van der Waals surface area contributed by atoms with Gasteiger partial charge in [0.25, 0.3) is 0 Å². The van der Waals surface area contributed by atoms with Crippen molar-refractivity contribution in [2.24, 2.45) is 29.4 Å². The number of hydrogen-bond acceptors (Lipinski definition) is 15. The first-order valence-electron chi connectivity index (χ1n) is 21.9. The fourth-order valence-electron chi connectivity index (χ4n) is 9.87. The molecule has 4 aliphatic rings. The van der Waals surface area contributed by atoms with Crippen LogP contribution in [0.15, 0.2) is 30.3 Å². The van der Waals surface area contributed by atoms with E-state index in [2.05, 4.69) is 5.32 Å². The fraction of sp³-hybridized carbons (Fsp3) is 0.822. The molecule has 0 radical (unpaired) electrons. The Morgan fingerprint density at radius 2 is 1.67 bits per heavy atom. The second-order valence-corrected chi connectivity index (χ2v) is 18.9. The number of nitrogens with one attached hydrogen (secondary N) is 1. The molecule has 15 nitrogen and oxygen atoms in total. The summed E-state index contributed by atoms with van der Waals surface area (Å²) < 4.78 is 50.5. The van der Waals surface area contributed by atoms with Crippen molar-refractivity contribution in [1.29, 1.82) is 0 Å². The maximum Gasteiger partial charge on any atom is 0.311 e. The van der Waals surface area contributed by atoms with Gasteiger partial charge in [0.1, 0.15) is 29.5 Å². The van der Waals surface area contributed by atoms with E-state index in [4.69, 9.17) is 43.6 Å². The number of rotatable bonds is 10. The Kier molecular flexibility index (Phi) is 15.9. The molecule has 0 saturated carbocycles. The smallest absolute Gasteiger partial charge is 0.311 e. The number of epoxide rings is 1. The first-order chi connectivity index (χ1) is 28.1. The van der Waals surface area contributed by atoms with Crippen LogP contribution in [-0.4, -0.2) is 131 Å². The molecule has 0 aliphatic carbocycles. The Hall–Kier alpha value is -2.28. The number of carbonyl (C=O) groups excluding carboxylic acids is 2. The SMILES string of the molecule is CC[C@H]1OC(=O)C(C)[C@H](OC2C[C@@](C)(OC)[C@@]3(CO3)[C@H](C)O2)[C@H](C)[C@@H](O[C@@H]2O[C@H](C)C[C@H](N)[C@H]2CC(=O)OCc2ccccc2)[C@@](C)(O)C[C@@H](C)NC[C@H](C)[C@@H](O)[C@]1(C)O. The molecule has 2 unspecified atom stereocenters. The van der Waals surface area contributed by atoms with Crippen LogP contribution in [0.1, 0.15) is 107 Å². The van der Waals surface area contributed by atoms with E-state index in [1.54, 1.807) is 34.8 Å². The molecule has 60 heavy (non-hydrogen) atoms. The van der Waals surface area contributed by atoms with Crippen molar-refractivity contribution in [1.82, 2.24) is 5.32 Å². The van der Waals surface area contributed by atoms with Crippen molar-refractivity contribution in [3.63, 3.8) is 0 Å². The van der Waals surface area contributed by atoms with Crippen LogP contribution in [0.2, 0.25) is 0 Å². The maximum atomic E-state index is 14.4. The van der Waals surface area contributed by atoms with Crippen LogP contribution in [-0.2, 0) is 54.1 Å². The number of aliphatic hydroxyl groups is 3. The summed E-state index contributed by atoms with van der Waals surface area (Å²) in [5.41, 5.74) is 2.77. The number of nitrogens with two attached hydrogens (primary N) is 1. The third-order valence-electron chi connectivity index (χ3n) is 13.9. The van der Waals surface area contributed by atoms with E-state index in [0.717, 1.165) is 5.56 Å². The van der Waals surface area contributed by atoms with Gasteiger partial charge in [-0.3, -0.25) is 9.59 Å². The van der Waals surface area contributed by atoms with Crippen molar-refractivity contribution < 1.29 is 62.8 Å². The van der Waals surface area contributed by atoms with Gasteiger partial charge in [-0.2, -0.15) is 0 Å². The van der Waals surface area contributed by atoms with E-state index in [-0.39, 0.29) is 51.0 Å². The lowest BCUT2D eigenvalue weighted by Gasteiger charge is -2.49. The van der Waals surface area contributed by atoms with Gasteiger partial charge in [-0.1, -0.05) is 51.1 Å². The molecule has 15 heteroatoms. The summed E-state index contributed by atoms with van der Waals surface area (Å²) in [5, 5.41) is 39.3. The molecular weight excluding hydrogens is 776 g/mol. The summed E-state index contributed by atoms with van der Waals surface area (Å²) in [7, 11) is 1.62. The number of ether oxygens (including phenoxy) is 8. The minimum absolute atomic E-state index is 0.0951. The molecule has 18 atom stereocenters. The average molecular weight is 851 g/mol. The topological polar surface area (TPSA) is 210 Å². The molecule has 4 fully saturated rings. The average Bonchev–Trinajstić information content (AvgIpc) is 4.01. The number of benzene rings is 1. The number of esters is 2. The molecule has 0 bridgehead atoms. The monoisotopic (exact) mass is 851 g/mol. The number of methoxy groups -OCH3 is 1. The van der Waals surface area contributed by atoms with Gasteiger partial charge in [0, 0.05) is 44.0 Å². The lowest BCUT2D eigenvalue weighted by atomic mass is 9.78. The highest BCUT2D eigenvalue weighted by molar-refractivity contribution is 5.73. The second-order valence-electron chi connectivity index (χ2n) is 18.9. The summed E-state index contributed by atoms with van der Waals surface area (Å²) >= 11 is 0. The number of cyclic esters (lactones) is 1. The zero-order chi connectivity index (χ0) is 44.4. The lowest BCUT2D eigenvalue weighted by molar-refractivity contribution is -0.307. The van der Waals surface area contributed by atoms with E-state index in [1.807, 2.05) is 65.0 Å². The highest BCUT2D eigenvalue weighted by atomic mass is 16.7.